The van der Waals surface area contributed by atoms with Crippen LogP contribution in [0.5, 0.6) is 0 Å². The van der Waals surface area contributed by atoms with E-state index < -0.39 is 18.2 Å². The van der Waals surface area contributed by atoms with Crippen molar-refractivity contribution >= 4 is 23.5 Å². The predicted octanol–water partition coefficient (Wildman–Crippen LogP) is 3.36. The summed E-state index contributed by atoms with van der Waals surface area (Å²) in [5, 5.41) is 9.58. The number of benzene rings is 1. The summed E-state index contributed by atoms with van der Waals surface area (Å²) < 4.78 is 21.5. The van der Waals surface area contributed by atoms with Crippen LogP contribution in [-0.4, -0.2) is 43.4 Å². The fourth-order valence-corrected chi connectivity index (χ4v) is 3.25. The van der Waals surface area contributed by atoms with E-state index in [1.165, 1.54) is 21.9 Å². The summed E-state index contributed by atoms with van der Waals surface area (Å²) in [6.45, 7) is 2.09. The van der Waals surface area contributed by atoms with Crippen molar-refractivity contribution in [3.8, 4) is 0 Å². The Bertz CT molecular complexity index is 781. The Balaban J connectivity index is 1.94. The van der Waals surface area contributed by atoms with Gasteiger partial charge in [0, 0.05) is 18.9 Å². The number of ether oxygens (including phenoxy) is 1. The van der Waals surface area contributed by atoms with Crippen LogP contribution in [0.4, 0.5) is 9.18 Å². The topological polar surface area (TPSA) is 67.6 Å². The maximum atomic E-state index is 14.1. The molecule has 3 rings (SSSR count). The van der Waals surface area contributed by atoms with Gasteiger partial charge in [-0.15, -0.1) is 0 Å². The summed E-state index contributed by atoms with van der Waals surface area (Å²) in [4.78, 5) is 16.8. The molecule has 132 valence electrons. The lowest BCUT2D eigenvalue weighted by Gasteiger charge is -2.30. The number of carboxylic acid groups (broad SMARTS) is 1. The summed E-state index contributed by atoms with van der Waals surface area (Å²) in [7, 11) is 0. The van der Waals surface area contributed by atoms with Gasteiger partial charge < -0.3 is 14.7 Å². The second-order valence-electron chi connectivity index (χ2n) is 5.97. The molecule has 2 heterocycles. The number of rotatable bonds is 3. The third kappa shape index (κ3) is 3.63. The third-order valence-electron chi connectivity index (χ3n) is 4.36. The molecule has 0 aliphatic carbocycles. The van der Waals surface area contributed by atoms with Crippen LogP contribution in [0, 0.1) is 12.7 Å². The second kappa shape index (κ2) is 7.18. The van der Waals surface area contributed by atoms with E-state index >= 15 is 0 Å². The molecule has 1 aliphatic heterocycles. The number of amides is 1. The first-order valence-corrected chi connectivity index (χ1v) is 8.32. The summed E-state index contributed by atoms with van der Waals surface area (Å²) in [5.41, 5.74) is 1.07. The molecule has 0 bridgehead atoms. The lowest BCUT2D eigenvalue weighted by Crippen LogP contribution is -2.40. The van der Waals surface area contributed by atoms with Gasteiger partial charge in [0.15, 0.2) is 0 Å². The van der Waals surface area contributed by atoms with Crippen molar-refractivity contribution in [2.45, 2.75) is 31.9 Å². The first-order chi connectivity index (χ1) is 12.0. The van der Waals surface area contributed by atoms with Crippen molar-refractivity contribution in [2.75, 3.05) is 6.54 Å². The Hall–Kier alpha value is -2.48. The van der Waals surface area contributed by atoms with Gasteiger partial charge in [-0.2, -0.15) is 0 Å². The fourth-order valence-electron chi connectivity index (χ4n) is 3.04. The van der Waals surface area contributed by atoms with Crippen molar-refractivity contribution in [1.29, 1.82) is 0 Å². The molecule has 1 fully saturated rings. The van der Waals surface area contributed by atoms with Gasteiger partial charge in [0.05, 0.1) is 6.04 Å². The highest BCUT2D eigenvalue weighted by molar-refractivity contribution is 7.80. The molecule has 2 atom stereocenters. The van der Waals surface area contributed by atoms with Crippen LogP contribution in [0.2, 0.25) is 0 Å². The smallest absolute Gasteiger partial charge is 0.407 e. The van der Waals surface area contributed by atoms with Gasteiger partial charge in [-0.1, -0.05) is 12.1 Å². The number of nitrogens with zero attached hydrogens (tertiary/aromatic N) is 3. The van der Waals surface area contributed by atoms with E-state index in [9.17, 15) is 14.3 Å². The number of carbonyl (C=O) groups is 1. The third-order valence-corrected chi connectivity index (χ3v) is 4.67. The minimum atomic E-state index is -1.02. The van der Waals surface area contributed by atoms with Gasteiger partial charge in [0.1, 0.15) is 18.2 Å². The Morgan fingerprint density at radius 2 is 2.32 bits per heavy atom. The van der Waals surface area contributed by atoms with Crippen molar-refractivity contribution < 1.29 is 19.0 Å². The molecule has 25 heavy (non-hydrogen) atoms. The summed E-state index contributed by atoms with van der Waals surface area (Å²) in [6, 6.07) is 4.36. The maximum absolute atomic E-state index is 14.1. The number of imidazole rings is 1. The molecule has 0 radical (unpaired) electrons. The van der Waals surface area contributed by atoms with Gasteiger partial charge in [0.2, 0.25) is 0 Å². The molecule has 1 N–H and O–H groups in total. The number of hydrogen-bond donors (Lipinski definition) is 1. The Morgan fingerprint density at radius 3 is 2.96 bits per heavy atom. The number of aryl methyl sites for hydroxylation is 1. The van der Waals surface area contributed by atoms with Crippen molar-refractivity contribution in [2.24, 2.45) is 0 Å². The lowest BCUT2D eigenvalue weighted by atomic mass is 9.99. The fraction of sp³-hybridized carbons (Fsp3) is 0.353. The van der Waals surface area contributed by atoms with Gasteiger partial charge in [-0.3, -0.25) is 4.57 Å². The SMILES string of the molecule is Cc1ccc(C(OC(=S)n2ccnc2)[C@@H]2CCCN2C(=O)O)cc1F. The zero-order chi connectivity index (χ0) is 18.0. The highest BCUT2D eigenvalue weighted by Gasteiger charge is 2.37. The van der Waals surface area contributed by atoms with E-state index in [1.807, 2.05) is 0 Å². The number of hydrogen-bond acceptors (Lipinski definition) is 4. The average molecular weight is 363 g/mol. The van der Waals surface area contributed by atoms with Crippen LogP contribution in [0.3, 0.4) is 0 Å². The molecule has 1 unspecified atom stereocenters. The monoisotopic (exact) mass is 363 g/mol. The number of likely N-dealkylation sites (tertiary alicyclic amines) is 1. The highest BCUT2D eigenvalue weighted by atomic mass is 32.1. The maximum Gasteiger partial charge on any atom is 0.407 e. The van der Waals surface area contributed by atoms with Crippen LogP contribution in [0.25, 0.3) is 0 Å². The summed E-state index contributed by atoms with van der Waals surface area (Å²) in [6.07, 6.45) is 4.34. The Labute approximate surface area is 149 Å². The normalized spacial score (nSPS) is 18.2. The van der Waals surface area contributed by atoms with Crippen LogP contribution in [-0.2, 0) is 4.74 Å². The largest absolute Gasteiger partial charge is 0.465 e. The van der Waals surface area contributed by atoms with E-state index in [4.69, 9.17) is 17.0 Å². The first kappa shape index (κ1) is 17.3. The van der Waals surface area contributed by atoms with Crippen molar-refractivity contribution in [3.05, 3.63) is 53.9 Å². The Morgan fingerprint density at radius 1 is 1.52 bits per heavy atom. The predicted molar refractivity (Wildman–Crippen MR) is 92.9 cm³/mol. The molecule has 1 saturated heterocycles. The van der Waals surface area contributed by atoms with Crippen LogP contribution in [0.1, 0.15) is 30.1 Å². The molecule has 0 saturated carbocycles. The summed E-state index contributed by atoms with van der Waals surface area (Å²) in [5.74, 6) is -0.362. The zero-order valence-electron chi connectivity index (χ0n) is 13.6. The standard InChI is InChI=1S/C17H18FN3O3S/c1-11-4-5-12(9-13(11)18)15(14-3-2-7-21(14)16(22)23)24-17(25)20-8-6-19-10-20/h4-6,8-10,14-15H,2-3,7H2,1H3,(H,22,23)/t14-,15?/m0/s1. The molecule has 1 aromatic heterocycles. The molecule has 6 nitrogen and oxygen atoms in total. The number of aromatic nitrogens is 2. The van der Waals surface area contributed by atoms with Gasteiger partial charge in [-0.25, -0.2) is 14.2 Å². The van der Waals surface area contributed by atoms with Crippen LogP contribution < -0.4 is 0 Å². The van der Waals surface area contributed by atoms with Gasteiger partial charge in [-0.05, 0) is 49.2 Å². The first-order valence-electron chi connectivity index (χ1n) is 7.92. The lowest BCUT2D eigenvalue weighted by molar-refractivity contribution is 0.0748. The minimum absolute atomic E-state index is 0.140. The molecular formula is C17H18FN3O3S. The molecule has 8 heteroatoms. The van der Waals surface area contributed by atoms with Crippen LogP contribution in [0.15, 0.2) is 36.9 Å². The molecule has 1 aromatic carbocycles. The van der Waals surface area contributed by atoms with E-state index in [0.29, 0.717) is 24.1 Å². The number of thiocarbonyl (C=S) groups is 1. The average Bonchev–Trinajstić information content (AvgIpc) is 3.26. The quantitative estimate of drug-likeness (QED) is 0.847. The van der Waals surface area contributed by atoms with Crippen molar-refractivity contribution in [3.63, 3.8) is 0 Å². The van der Waals surface area contributed by atoms with Crippen molar-refractivity contribution in [1.82, 2.24) is 14.5 Å². The summed E-state index contributed by atoms with van der Waals surface area (Å²) >= 11 is 5.29. The second-order valence-corrected chi connectivity index (χ2v) is 6.32. The van der Waals surface area contributed by atoms with Gasteiger partial charge in [0.25, 0.3) is 5.17 Å². The van der Waals surface area contributed by atoms with E-state index in [1.54, 1.807) is 31.5 Å². The molecule has 0 spiro atoms. The minimum Gasteiger partial charge on any atom is -0.465 e. The highest BCUT2D eigenvalue weighted by Crippen LogP contribution is 2.33. The molecule has 2 aromatic rings. The number of halogens is 1. The Kier molecular flexibility index (Phi) is 4.98. The van der Waals surface area contributed by atoms with E-state index in [-0.39, 0.29) is 11.0 Å². The molecule has 1 amide bonds. The van der Waals surface area contributed by atoms with Crippen LogP contribution >= 0.6 is 12.2 Å². The molecular weight excluding hydrogens is 345 g/mol. The van der Waals surface area contributed by atoms with E-state index in [2.05, 4.69) is 4.98 Å². The molecule has 1 aliphatic rings. The van der Waals surface area contributed by atoms with E-state index in [0.717, 1.165) is 6.42 Å². The zero-order valence-corrected chi connectivity index (χ0v) is 14.4. The van der Waals surface area contributed by atoms with Gasteiger partial charge >= 0.3 is 6.09 Å².